The number of aromatic nitrogens is 2. The van der Waals surface area contributed by atoms with Crippen LogP contribution in [0.25, 0.3) is 0 Å². The summed E-state index contributed by atoms with van der Waals surface area (Å²) in [6.07, 6.45) is 3.45. The topological polar surface area (TPSA) is 41.1 Å². The van der Waals surface area contributed by atoms with Crippen LogP contribution >= 0.6 is 0 Å². The van der Waals surface area contributed by atoms with Crippen LogP contribution in [0.15, 0.2) is 42.7 Å². The Hall–Kier alpha value is -1.65. The molecule has 1 aromatic carbocycles. The SMILES string of the molecule is CN(C)CCOC(c1ccccc1)c1ncc[nH]1. The second kappa shape index (κ2) is 6.33. The standard InChI is InChI=1S/C14H19N3O/c1-17(2)10-11-18-13(14-15-8-9-16-14)12-6-4-3-5-7-12/h3-9,13H,10-11H2,1-2H3,(H,15,16). The molecule has 0 saturated heterocycles. The molecule has 0 fully saturated rings. The van der Waals surface area contributed by atoms with Gasteiger partial charge in [0.2, 0.25) is 0 Å². The fourth-order valence-electron chi connectivity index (χ4n) is 1.73. The lowest BCUT2D eigenvalue weighted by Crippen LogP contribution is -2.20. The molecular formula is C14H19N3O. The first-order valence-corrected chi connectivity index (χ1v) is 6.08. The largest absolute Gasteiger partial charge is 0.364 e. The van der Waals surface area contributed by atoms with E-state index in [9.17, 15) is 0 Å². The smallest absolute Gasteiger partial charge is 0.140 e. The molecule has 96 valence electrons. The van der Waals surface area contributed by atoms with E-state index in [1.54, 1.807) is 6.20 Å². The zero-order valence-corrected chi connectivity index (χ0v) is 10.8. The molecule has 4 nitrogen and oxygen atoms in total. The molecule has 0 saturated carbocycles. The Kier molecular flexibility index (Phi) is 4.50. The number of H-pyrrole nitrogens is 1. The molecule has 0 spiro atoms. The van der Waals surface area contributed by atoms with Crippen LogP contribution in [0, 0.1) is 0 Å². The second-order valence-corrected chi connectivity index (χ2v) is 4.44. The number of nitrogens with zero attached hydrogens (tertiary/aromatic N) is 2. The maximum Gasteiger partial charge on any atom is 0.140 e. The van der Waals surface area contributed by atoms with Gasteiger partial charge in [-0.3, -0.25) is 0 Å². The van der Waals surface area contributed by atoms with Crippen molar-refractivity contribution in [1.82, 2.24) is 14.9 Å². The lowest BCUT2D eigenvalue weighted by molar-refractivity contribution is 0.0639. The molecule has 1 aromatic heterocycles. The molecule has 0 aliphatic heterocycles. The van der Waals surface area contributed by atoms with Crippen LogP contribution in [-0.4, -0.2) is 42.1 Å². The van der Waals surface area contributed by atoms with E-state index in [4.69, 9.17) is 4.74 Å². The minimum Gasteiger partial charge on any atom is -0.364 e. The van der Waals surface area contributed by atoms with Gasteiger partial charge in [0.05, 0.1) is 6.61 Å². The number of hydrogen-bond donors (Lipinski definition) is 1. The van der Waals surface area contributed by atoms with Crippen LogP contribution < -0.4 is 0 Å². The van der Waals surface area contributed by atoms with Crippen molar-refractivity contribution < 1.29 is 4.74 Å². The Morgan fingerprint density at radius 3 is 2.67 bits per heavy atom. The summed E-state index contributed by atoms with van der Waals surface area (Å²) in [5.41, 5.74) is 1.12. The van der Waals surface area contributed by atoms with E-state index in [0.717, 1.165) is 17.9 Å². The van der Waals surface area contributed by atoms with Crippen LogP contribution in [0.2, 0.25) is 0 Å². The Balaban J connectivity index is 2.09. The number of benzene rings is 1. The number of imidazole rings is 1. The van der Waals surface area contributed by atoms with Crippen molar-refractivity contribution in [2.45, 2.75) is 6.10 Å². The monoisotopic (exact) mass is 245 g/mol. The molecule has 0 radical (unpaired) electrons. The summed E-state index contributed by atoms with van der Waals surface area (Å²) in [5.74, 6) is 0.847. The summed E-state index contributed by atoms with van der Waals surface area (Å²) in [6.45, 7) is 1.57. The van der Waals surface area contributed by atoms with Gasteiger partial charge in [0.1, 0.15) is 11.9 Å². The average Bonchev–Trinajstić information content (AvgIpc) is 2.89. The van der Waals surface area contributed by atoms with Crippen molar-refractivity contribution >= 4 is 0 Å². The predicted molar refractivity (Wildman–Crippen MR) is 71.4 cm³/mol. The molecule has 2 aromatic rings. The molecule has 1 atom stereocenters. The van der Waals surface area contributed by atoms with E-state index in [1.165, 1.54) is 0 Å². The maximum absolute atomic E-state index is 5.95. The molecule has 0 aliphatic carbocycles. The van der Waals surface area contributed by atoms with E-state index in [1.807, 2.05) is 38.5 Å². The predicted octanol–water partition coefficient (Wildman–Crippen LogP) is 2.08. The molecule has 1 heterocycles. The van der Waals surface area contributed by atoms with Crippen molar-refractivity contribution in [3.63, 3.8) is 0 Å². The highest BCUT2D eigenvalue weighted by Gasteiger charge is 2.16. The summed E-state index contributed by atoms with van der Waals surface area (Å²) in [6, 6.07) is 10.1. The van der Waals surface area contributed by atoms with Crippen LogP contribution in [0.5, 0.6) is 0 Å². The van der Waals surface area contributed by atoms with Crippen molar-refractivity contribution in [3.8, 4) is 0 Å². The highest BCUT2D eigenvalue weighted by Crippen LogP contribution is 2.22. The van der Waals surface area contributed by atoms with E-state index in [-0.39, 0.29) is 6.10 Å². The number of likely N-dealkylation sites (N-methyl/N-ethyl adjacent to an activating group) is 1. The molecule has 4 heteroatoms. The number of aromatic amines is 1. The zero-order valence-electron chi connectivity index (χ0n) is 10.8. The first-order chi connectivity index (χ1) is 8.77. The number of ether oxygens (including phenoxy) is 1. The van der Waals surface area contributed by atoms with Gasteiger partial charge in [-0.05, 0) is 19.7 Å². The fraction of sp³-hybridized carbons (Fsp3) is 0.357. The van der Waals surface area contributed by atoms with Crippen LogP contribution in [0.4, 0.5) is 0 Å². The summed E-state index contributed by atoms with van der Waals surface area (Å²) >= 11 is 0. The van der Waals surface area contributed by atoms with Gasteiger partial charge in [-0.2, -0.15) is 0 Å². The van der Waals surface area contributed by atoms with Crippen molar-refractivity contribution in [3.05, 3.63) is 54.1 Å². The molecule has 0 aliphatic rings. The van der Waals surface area contributed by atoms with Gasteiger partial charge in [0, 0.05) is 18.9 Å². The number of nitrogens with one attached hydrogen (secondary N) is 1. The third kappa shape index (κ3) is 3.42. The van der Waals surface area contributed by atoms with Gasteiger partial charge in [0.15, 0.2) is 0 Å². The molecule has 18 heavy (non-hydrogen) atoms. The minimum atomic E-state index is -0.124. The van der Waals surface area contributed by atoms with Gasteiger partial charge in [-0.15, -0.1) is 0 Å². The van der Waals surface area contributed by atoms with Crippen LogP contribution in [0.1, 0.15) is 17.5 Å². The summed E-state index contributed by atoms with van der Waals surface area (Å²) in [5, 5.41) is 0. The normalized spacial score (nSPS) is 12.8. The van der Waals surface area contributed by atoms with Gasteiger partial charge in [0.25, 0.3) is 0 Å². The summed E-state index contributed by atoms with van der Waals surface area (Å²) in [4.78, 5) is 9.52. The lowest BCUT2D eigenvalue weighted by atomic mass is 10.1. The summed E-state index contributed by atoms with van der Waals surface area (Å²) < 4.78 is 5.95. The lowest BCUT2D eigenvalue weighted by Gasteiger charge is -2.18. The third-order valence-electron chi connectivity index (χ3n) is 2.69. The van der Waals surface area contributed by atoms with E-state index < -0.39 is 0 Å². The second-order valence-electron chi connectivity index (χ2n) is 4.44. The van der Waals surface area contributed by atoms with E-state index in [0.29, 0.717) is 6.61 Å². The quantitative estimate of drug-likeness (QED) is 0.847. The van der Waals surface area contributed by atoms with Crippen LogP contribution in [0.3, 0.4) is 0 Å². The van der Waals surface area contributed by atoms with Crippen molar-refractivity contribution in [2.24, 2.45) is 0 Å². The third-order valence-corrected chi connectivity index (χ3v) is 2.69. The Bertz CT molecular complexity index is 439. The Labute approximate surface area is 108 Å². The first kappa shape index (κ1) is 12.8. The van der Waals surface area contributed by atoms with Gasteiger partial charge in [-0.1, -0.05) is 30.3 Å². The zero-order chi connectivity index (χ0) is 12.8. The van der Waals surface area contributed by atoms with Gasteiger partial charge < -0.3 is 14.6 Å². The molecule has 1 N–H and O–H groups in total. The number of hydrogen-bond acceptors (Lipinski definition) is 3. The molecule has 2 rings (SSSR count). The Morgan fingerprint density at radius 2 is 2.06 bits per heavy atom. The van der Waals surface area contributed by atoms with Crippen molar-refractivity contribution in [2.75, 3.05) is 27.2 Å². The number of rotatable bonds is 6. The maximum atomic E-state index is 5.95. The van der Waals surface area contributed by atoms with Gasteiger partial charge in [-0.25, -0.2) is 4.98 Å². The fourth-order valence-corrected chi connectivity index (χ4v) is 1.73. The molecule has 1 unspecified atom stereocenters. The van der Waals surface area contributed by atoms with Crippen molar-refractivity contribution in [1.29, 1.82) is 0 Å². The average molecular weight is 245 g/mol. The van der Waals surface area contributed by atoms with E-state index in [2.05, 4.69) is 27.0 Å². The first-order valence-electron chi connectivity index (χ1n) is 6.08. The molecule has 0 bridgehead atoms. The molecule has 0 amide bonds. The van der Waals surface area contributed by atoms with Gasteiger partial charge >= 0.3 is 0 Å². The summed E-state index contributed by atoms with van der Waals surface area (Å²) in [7, 11) is 4.07. The highest BCUT2D eigenvalue weighted by molar-refractivity contribution is 5.22. The minimum absolute atomic E-state index is 0.124. The highest BCUT2D eigenvalue weighted by atomic mass is 16.5. The Morgan fingerprint density at radius 1 is 1.28 bits per heavy atom. The molecular weight excluding hydrogens is 226 g/mol. The van der Waals surface area contributed by atoms with E-state index >= 15 is 0 Å². The van der Waals surface area contributed by atoms with Crippen LogP contribution in [-0.2, 0) is 4.74 Å².